The monoisotopic (exact) mass is 429 g/mol. The number of phenolic OH excluding ortho intramolecular Hbond substituents is 1. The number of rotatable bonds is 5. The smallest absolute Gasteiger partial charge is 0.165 e. The summed E-state index contributed by atoms with van der Waals surface area (Å²) < 4.78 is 25.2. The number of fused-ring (bicyclic) bond motifs is 3. The van der Waals surface area contributed by atoms with Crippen LogP contribution in [0.1, 0.15) is 11.3 Å². The van der Waals surface area contributed by atoms with E-state index in [2.05, 4.69) is 10.2 Å². The Labute approximate surface area is 183 Å². The number of pyridine rings is 1. The highest BCUT2D eigenvalue weighted by Gasteiger charge is 2.21. The molecule has 3 aromatic carbocycles. The molecule has 2 heterocycles. The number of methoxy groups -OCH3 is 2. The zero-order valence-corrected chi connectivity index (χ0v) is 17.5. The normalized spacial score (nSPS) is 11.2. The Balaban J connectivity index is 1.85. The first-order valence-electron chi connectivity index (χ1n) is 10.0. The SMILES string of the molecule is COc1cc2c(-c3cccc(F)c3O)nc3[nH]nc(Cc4ccccc4)c3c2cc1OC. The van der Waals surface area contributed by atoms with Crippen molar-refractivity contribution in [2.75, 3.05) is 14.2 Å². The lowest BCUT2D eigenvalue weighted by atomic mass is 9.98. The molecule has 32 heavy (non-hydrogen) atoms. The molecule has 0 bridgehead atoms. The van der Waals surface area contributed by atoms with E-state index in [1.807, 2.05) is 36.4 Å². The summed E-state index contributed by atoms with van der Waals surface area (Å²) >= 11 is 0. The fourth-order valence-corrected chi connectivity index (χ4v) is 4.02. The molecule has 6 nitrogen and oxygen atoms in total. The number of phenols is 1. The van der Waals surface area contributed by atoms with Crippen molar-refractivity contribution in [2.45, 2.75) is 6.42 Å². The Morgan fingerprint density at radius 1 is 0.938 bits per heavy atom. The van der Waals surface area contributed by atoms with Crippen LogP contribution in [-0.4, -0.2) is 34.5 Å². The first-order valence-corrected chi connectivity index (χ1v) is 10.0. The highest BCUT2D eigenvalue weighted by molar-refractivity contribution is 6.12. The first kappa shape index (κ1) is 19.8. The van der Waals surface area contributed by atoms with Crippen molar-refractivity contribution in [1.82, 2.24) is 15.2 Å². The lowest BCUT2D eigenvalue weighted by Gasteiger charge is -2.14. The van der Waals surface area contributed by atoms with Gasteiger partial charge in [0.2, 0.25) is 0 Å². The van der Waals surface area contributed by atoms with Crippen LogP contribution in [0.25, 0.3) is 33.1 Å². The molecule has 0 atom stereocenters. The Hall–Kier alpha value is -4.13. The Bertz CT molecular complexity index is 1450. The number of hydrogen-bond acceptors (Lipinski definition) is 5. The Kier molecular flexibility index (Phi) is 4.86. The van der Waals surface area contributed by atoms with Gasteiger partial charge in [-0.3, -0.25) is 5.10 Å². The molecule has 0 aliphatic heterocycles. The summed E-state index contributed by atoms with van der Waals surface area (Å²) in [4.78, 5) is 4.73. The molecule has 7 heteroatoms. The highest BCUT2D eigenvalue weighted by atomic mass is 19.1. The van der Waals surface area contributed by atoms with Gasteiger partial charge in [-0.2, -0.15) is 5.10 Å². The van der Waals surface area contributed by atoms with Crippen LogP contribution < -0.4 is 9.47 Å². The minimum Gasteiger partial charge on any atom is -0.504 e. The molecule has 0 saturated heterocycles. The molecule has 0 aliphatic rings. The standard InChI is InChI=1S/C25H20FN3O3/c1-31-20-12-16-17(13-21(20)32-2)23(15-9-6-10-18(26)24(15)30)27-25-22(16)19(28-29-25)11-14-7-4-3-5-8-14/h3-10,12-13,30H,11H2,1-2H3,(H,27,28,29). The largest absolute Gasteiger partial charge is 0.504 e. The van der Waals surface area contributed by atoms with Crippen LogP contribution in [0.5, 0.6) is 17.2 Å². The summed E-state index contributed by atoms with van der Waals surface area (Å²) in [6.45, 7) is 0. The predicted molar refractivity (Wildman–Crippen MR) is 121 cm³/mol. The number of halogens is 1. The van der Waals surface area contributed by atoms with E-state index in [-0.39, 0.29) is 5.56 Å². The molecule has 2 N–H and O–H groups in total. The molecule has 5 rings (SSSR count). The molecular formula is C25H20FN3O3. The van der Waals surface area contributed by atoms with Crippen molar-refractivity contribution in [3.8, 4) is 28.5 Å². The van der Waals surface area contributed by atoms with Crippen molar-refractivity contribution >= 4 is 21.8 Å². The van der Waals surface area contributed by atoms with Gasteiger partial charge in [0.25, 0.3) is 0 Å². The molecule has 0 radical (unpaired) electrons. The average molecular weight is 429 g/mol. The third kappa shape index (κ3) is 3.19. The Morgan fingerprint density at radius 2 is 1.66 bits per heavy atom. The van der Waals surface area contributed by atoms with Gasteiger partial charge in [0.1, 0.15) is 0 Å². The number of nitrogens with one attached hydrogen (secondary N) is 1. The van der Waals surface area contributed by atoms with Gasteiger partial charge in [0, 0.05) is 22.8 Å². The van der Waals surface area contributed by atoms with Crippen molar-refractivity contribution in [3.63, 3.8) is 0 Å². The van der Waals surface area contributed by atoms with E-state index in [0.717, 1.165) is 22.0 Å². The molecule has 160 valence electrons. The van der Waals surface area contributed by atoms with Gasteiger partial charge in [-0.1, -0.05) is 36.4 Å². The quantitative estimate of drug-likeness (QED) is 0.400. The van der Waals surface area contributed by atoms with E-state index >= 15 is 0 Å². The summed E-state index contributed by atoms with van der Waals surface area (Å²) in [7, 11) is 3.12. The molecule has 0 fully saturated rings. The maximum Gasteiger partial charge on any atom is 0.165 e. The summed E-state index contributed by atoms with van der Waals surface area (Å²) in [5, 5.41) is 20.3. The second kappa shape index (κ2) is 7.85. The summed E-state index contributed by atoms with van der Waals surface area (Å²) in [5.41, 5.74) is 3.17. The highest BCUT2D eigenvalue weighted by Crippen LogP contribution is 2.42. The van der Waals surface area contributed by atoms with Crippen LogP contribution in [0.2, 0.25) is 0 Å². The average Bonchev–Trinajstić information content (AvgIpc) is 3.22. The van der Waals surface area contributed by atoms with Crippen molar-refractivity contribution in [3.05, 3.63) is 77.7 Å². The van der Waals surface area contributed by atoms with Gasteiger partial charge in [-0.15, -0.1) is 0 Å². The zero-order valence-electron chi connectivity index (χ0n) is 17.5. The topological polar surface area (TPSA) is 80.3 Å². The molecule has 0 aliphatic carbocycles. The fourth-order valence-electron chi connectivity index (χ4n) is 4.02. The van der Waals surface area contributed by atoms with Gasteiger partial charge in [-0.25, -0.2) is 9.37 Å². The van der Waals surface area contributed by atoms with E-state index in [1.165, 1.54) is 12.1 Å². The van der Waals surface area contributed by atoms with Crippen LogP contribution in [0, 0.1) is 5.82 Å². The van der Waals surface area contributed by atoms with Crippen molar-refractivity contribution < 1.29 is 19.0 Å². The minimum atomic E-state index is -0.715. The number of aromatic hydroxyl groups is 1. The van der Waals surface area contributed by atoms with E-state index < -0.39 is 11.6 Å². The van der Waals surface area contributed by atoms with Gasteiger partial charge in [0.05, 0.1) is 31.0 Å². The third-order valence-electron chi connectivity index (χ3n) is 5.55. The molecule has 5 aromatic rings. The summed E-state index contributed by atoms with van der Waals surface area (Å²) in [6.07, 6.45) is 0.608. The number of para-hydroxylation sites is 1. The van der Waals surface area contributed by atoms with E-state index in [9.17, 15) is 9.50 Å². The molecule has 0 saturated carbocycles. The maximum absolute atomic E-state index is 14.1. The summed E-state index contributed by atoms with van der Waals surface area (Å²) in [6, 6.07) is 18.0. The predicted octanol–water partition coefficient (Wildman–Crippen LogP) is 5.23. The van der Waals surface area contributed by atoms with E-state index in [0.29, 0.717) is 34.6 Å². The van der Waals surface area contributed by atoms with Gasteiger partial charge < -0.3 is 14.6 Å². The van der Waals surface area contributed by atoms with Crippen LogP contribution in [0.15, 0.2) is 60.7 Å². The minimum absolute atomic E-state index is 0.281. The van der Waals surface area contributed by atoms with Crippen LogP contribution >= 0.6 is 0 Å². The molecule has 0 spiro atoms. The molecular weight excluding hydrogens is 409 g/mol. The second-order valence-electron chi connectivity index (χ2n) is 7.41. The number of ether oxygens (including phenoxy) is 2. The molecule has 0 unspecified atom stereocenters. The number of aromatic nitrogens is 3. The van der Waals surface area contributed by atoms with Crippen LogP contribution in [-0.2, 0) is 6.42 Å². The number of benzene rings is 3. The van der Waals surface area contributed by atoms with Crippen LogP contribution in [0.4, 0.5) is 4.39 Å². The first-order chi connectivity index (χ1) is 15.6. The maximum atomic E-state index is 14.1. The fraction of sp³-hybridized carbons (Fsp3) is 0.120. The zero-order chi connectivity index (χ0) is 22.2. The molecule has 0 amide bonds. The lowest BCUT2D eigenvalue weighted by Crippen LogP contribution is -1.96. The number of aromatic amines is 1. The van der Waals surface area contributed by atoms with Gasteiger partial charge in [0.15, 0.2) is 28.7 Å². The van der Waals surface area contributed by atoms with Gasteiger partial charge >= 0.3 is 0 Å². The number of hydrogen-bond donors (Lipinski definition) is 2. The summed E-state index contributed by atoms with van der Waals surface area (Å²) in [5.74, 6) is -0.118. The van der Waals surface area contributed by atoms with Crippen molar-refractivity contribution in [1.29, 1.82) is 0 Å². The van der Waals surface area contributed by atoms with Crippen molar-refractivity contribution in [2.24, 2.45) is 0 Å². The number of H-pyrrole nitrogens is 1. The van der Waals surface area contributed by atoms with Gasteiger partial charge in [-0.05, 0) is 29.8 Å². The van der Waals surface area contributed by atoms with E-state index in [4.69, 9.17) is 14.5 Å². The molecule has 2 aromatic heterocycles. The number of nitrogens with zero attached hydrogens (tertiary/aromatic N) is 2. The van der Waals surface area contributed by atoms with E-state index in [1.54, 1.807) is 26.4 Å². The Morgan fingerprint density at radius 3 is 2.38 bits per heavy atom. The lowest BCUT2D eigenvalue weighted by molar-refractivity contribution is 0.356. The third-order valence-corrected chi connectivity index (χ3v) is 5.55. The second-order valence-corrected chi connectivity index (χ2v) is 7.41. The van der Waals surface area contributed by atoms with Crippen LogP contribution in [0.3, 0.4) is 0 Å².